The van der Waals surface area contributed by atoms with Gasteiger partial charge in [-0.3, -0.25) is 4.79 Å². The van der Waals surface area contributed by atoms with Crippen molar-refractivity contribution in [2.75, 3.05) is 26.9 Å². The number of aromatic nitrogens is 2. The Kier molecular flexibility index (Phi) is 9.19. The summed E-state index contributed by atoms with van der Waals surface area (Å²) in [5.41, 5.74) is 2.12. The Morgan fingerprint density at radius 1 is 0.861 bits per heavy atom. The molecule has 3 aromatic carbocycles. The van der Waals surface area contributed by atoms with Crippen LogP contribution in [0.15, 0.2) is 78.9 Å². The van der Waals surface area contributed by atoms with Crippen LogP contribution in [0.25, 0.3) is 11.0 Å². The molecule has 0 atom stereocenters. The third-order valence-electron chi connectivity index (χ3n) is 5.87. The molecule has 0 radical (unpaired) electrons. The Morgan fingerprint density at radius 2 is 1.64 bits per heavy atom. The predicted octanol–water partition coefficient (Wildman–Crippen LogP) is 5.03. The molecule has 1 heterocycles. The van der Waals surface area contributed by atoms with E-state index >= 15 is 0 Å². The fourth-order valence-electron chi connectivity index (χ4n) is 4.04. The second-order valence-electron chi connectivity index (χ2n) is 8.46. The lowest BCUT2D eigenvalue weighted by atomic mass is 10.2. The fourth-order valence-corrected chi connectivity index (χ4v) is 4.04. The van der Waals surface area contributed by atoms with Gasteiger partial charge in [-0.15, -0.1) is 0 Å². The van der Waals surface area contributed by atoms with Gasteiger partial charge in [0.1, 0.15) is 29.7 Å². The highest BCUT2D eigenvalue weighted by Crippen LogP contribution is 2.21. The van der Waals surface area contributed by atoms with Crippen LogP contribution in [0.4, 0.5) is 0 Å². The lowest BCUT2D eigenvalue weighted by Gasteiger charge is -2.12. The molecule has 4 aromatic rings. The van der Waals surface area contributed by atoms with Crippen LogP contribution in [-0.4, -0.2) is 42.3 Å². The van der Waals surface area contributed by atoms with E-state index in [0.29, 0.717) is 25.4 Å². The van der Waals surface area contributed by atoms with Gasteiger partial charge in [0.25, 0.3) is 5.91 Å². The van der Waals surface area contributed by atoms with Crippen LogP contribution in [-0.2, 0) is 17.8 Å². The van der Waals surface area contributed by atoms with Crippen molar-refractivity contribution in [3.05, 3.63) is 84.7 Å². The van der Waals surface area contributed by atoms with Crippen LogP contribution in [0.2, 0.25) is 0 Å². The number of ether oxygens (including phenoxy) is 3. The molecule has 36 heavy (non-hydrogen) atoms. The van der Waals surface area contributed by atoms with Crippen molar-refractivity contribution in [2.24, 2.45) is 0 Å². The molecule has 0 bridgehead atoms. The number of fused-ring (bicyclic) bond motifs is 1. The molecule has 0 fully saturated rings. The lowest BCUT2D eigenvalue weighted by Crippen LogP contribution is -2.29. The Bertz CT molecular complexity index is 1240. The number of carbonyl (C=O) groups is 1. The lowest BCUT2D eigenvalue weighted by molar-refractivity contribution is -0.123. The quantitative estimate of drug-likeness (QED) is 0.253. The van der Waals surface area contributed by atoms with Crippen LogP contribution < -0.4 is 19.5 Å². The third kappa shape index (κ3) is 7.25. The van der Waals surface area contributed by atoms with Crippen molar-refractivity contribution in [3.8, 4) is 17.2 Å². The topological polar surface area (TPSA) is 74.6 Å². The van der Waals surface area contributed by atoms with Crippen LogP contribution in [0.1, 0.15) is 25.1 Å². The summed E-state index contributed by atoms with van der Waals surface area (Å²) < 4.78 is 19.0. The second kappa shape index (κ2) is 13.2. The van der Waals surface area contributed by atoms with E-state index in [9.17, 15) is 4.79 Å². The first-order valence-corrected chi connectivity index (χ1v) is 12.4. The van der Waals surface area contributed by atoms with E-state index in [0.717, 1.165) is 54.0 Å². The number of unbranched alkanes of at least 4 members (excludes halogenated alkanes) is 2. The molecule has 7 heteroatoms. The fraction of sp³-hybridized carbons (Fsp3) is 0.310. The number of para-hydroxylation sites is 3. The van der Waals surface area contributed by atoms with Crippen LogP contribution in [0.5, 0.6) is 17.2 Å². The first-order valence-electron chi connectivity index (χ1n) is 12.4. The first kappa shape index (κ1) is 25.1. The Balaban J connectivity index is 1.21. The molecule has 0 saturated heterocycles. The van der Waals surface area contributed by atoms with Gasteiger partial charge >= 0.3 is 0 Å². The minimum atomic E-state index is -0.100. The summed E-state index contributed by atoms with van der Waals surface area (Å²) in [6, 6.07) is 25.2. The Morgan fingerprint density at radius 3 is 2.50 bits per heavy atom. The van der Waals surface area contributed by atoms with Gasteiger partial charge in [-0.25, -0.2) is 4.98 Å². The van der Waals surface area contributed by atoms with Gasteiger partial charge in [-0.05, 0) is 49.2 Å². The van der Waals surface area contributed by atoms with E-state index in [1.54, 1.807) is 7.11 Å². The number of hydrogen-bond donors (Lipinski definition) is 1. The van der Waals surface area contributed by atoms with Crippen molar-refractivity contribution < 1.29 is 19.0 Å². The average Bonchev–Trinajstić information content (AvgIpc) is 3.27. The molecule has 0 aliphatic carbocycles. The SMILES string of the molecule is COc1cccc(OCCn2c(CCCCCNC(=O)COc3ccccc3)nc3ccccc32)c1. The number of imidazole rings is 1. The number of nitrogens with zero attached hydrogens (tertiary/aromatic N) is 2. The number of aryl methyl sites for hydroxylation is 1. The number of amides is 1. The minimum Gasteiger partial charge on any atom is -0.497 e. The highest BCUT2D eigenvalue weighted by Gasteiger charge is 2.11. The number of nitrogens with one attached hydrogen (secondary N) is 1. The molecule has 0 unspecified atom stereocenters. The maximum absolute atomic E-state index is 12.0. The van der Waals surface area contributed by atoms with E-state index in [4.69, 9.17) is 19.2 Å². The van der Waals surface area contributed by atoms with Gasteiger partial charge in [0, 0.05) is 19.0 Å². The van der Waals surface area contributed by atoms with Gasteiger partial charge in [-0.2, -0.15) is 0 Å². The highest BCUT2D eigenvalue weighted by atomic mass is 16.5. The highest BCUT2D eigenvalue weighted by molar-refractivity contribution is 5.77. The summed E-state index contributed by atoms with van der Waals surface area (Å²) in [5.74, 6) is 3.23. The summed E-state index contributed by atoms with van der Waals surface area (Å²) in [4.78, 5) is 16.9. The van der Waals surface area contributed by atoms with E-state index < -0.39 is 0 Å². The van der Waals surface area contributed by atoms with Crippen molar-refractivity contribution in [1.82, 2.24) is 14.9 Å². The standard InChI is InChI=1S/C29H33N3O4/c1-34-24-13-10-14-25(21-24)35-20-19-32-27-16-8-7-15-26(27)31-28(32)17-6-3-9-18-30-29(33)22-36-23-11-4-2-5-12-23/h2,4-5,7-8,10-16,21H,3,6,9,17-20,22H2,1H3,(H,30,33). The van der Waals surface area contributed by atoms with Gasteiger partial charge < -0.3 is 24.1 Å². The van der Waals surface area contributed by atoms with Crippen molar-refractivity contribution in [3.63, 3.8) is 0 Å². The van der Waals surface area contributed by atoms with E-state index in [1.807, 2.05) is 72.8 Å². The van der Waals surface area contributed by atoms with E-state index in [2.05, 4.69) is 16.0 Å². The van der Waals surface area contributed by atoms with Gasteiger partial charge in [0.15, 0.2) is 6.61 Å². The molecule has 0 saturated carbocycles. The molecule has 0 spiro atoms. The van der Waals surface area contributed by atoms with E-state index in [1.165, 1.54) is 0 Å². The van der Waals surface area contributed by atoms with E-state index in [-0.39, 0.29) is 12.5 Å². The van der Waals surface area contributed by atoms with Crippen LogP contribution in [0.3, 0.4) is 0 Å². The van der Waals surface area contributed by atoms with Gasteiger partial charge in [0.05, 0.1) is 24.7 Å². The number of carbonyl (C=O) groups excluding carboxylic acids is 1. The first-order chi connectivity index (χ1) is 17.7. The van der Waals surface area contributed by atoms with Crippen molar-refractivity contribution in [2.45, 2.75) is 32.2 Å². The number of rotatable bonds is 14. The molecule has 4 rings (SSSR count). The number of hydrogen-bond acceptors (Lipinski definition) is 5. The summed E-state index contributed by atoms with van der Waals surface area (Å²) in [6.07, 6.45) is 3.79. The molecule has 0 aliphatic rings. The summed E-state index contributed by atoms with van der Waals surface area (Å²) in [7, 11) is 1.65. The molecule has 7 nitrogen and oxygen atoms in total. The Labute approximate surface area is 212 Å². The van der Waals surface area contributed by atoms with Crippen molar-refractivity contribution in [1.29, 1.82) is 0 Å². The maximum Gasteiger partial charge on any atom is 0.257 e. The molecule has 0 aliphatic heterocycles. The normalized spacial score (nSPS) is 10.8. The minimum absolute atomic E-state index is 0.0336. The third-order valence-corrected chi connectivity index (χ3v) is 5.87. The molecular weight excluding hydrogens is 454 g/mol. The molecule has 1 N–H and O–H groups in total. The van der Waals surface area contributed by atoms with Crippen LogP contribution >= 0.6 is 0 Å². The number of benzene rings is 3. The molecule has 1 aromatic heterocycles. The zero-order valence-corrected chi connectivity index (χ0v) is 20.7. The van der Waals surface area contributed by atoms with Crippen molar-refractivity contribution >= 4 is 16.9 Å². The Hall–Kier alpha value is -4.00. The van der Waals surface area contributed by atoms with Crippen LogP contribution in [0, 0.1) is 0 Å². The zero-order chi connectivity index (χ0) is 25.0. The number of methoxy groups -OCH3 is 1. The molecule has 188 valence electrons. The average molecular weight is 488 g/mol. The second-order valence-corrected chi connectivity index (χ2v) is 8.46. The largest absolute Gasteiger partial charge is 0.497 e. The zero-order valence-electron chi connectivity index (χ0n) is 20.7. The summed E-state index contributed by atoms with van der Waals surface area (Å²) in [5, 5.41) is 2.93. The van der Waals surface area contributed by atoms with Gasteiger partial charge in [0.2, 0.25) is 0 Å². The maximum atomic E-state index is 12.0. The predicted molar refractivity (Wildman–Crippen MR) is 141 cm³/mol. The summed E-state index contributed by atoms with van der Waals surface area (Å²) >= 11 is 0. The molecule has 1 amide bonds. The smallest absolute Gasteiger partial charge is 0.257 e. The monoisotopic (exact) mass is 487 g/mol. The van der Waals surface area contributed by atoms with Gasteiger partial charge in [-0.1, -0.05) is 42.8 Å². The summed E-state index contributed by atoms with van der Waals surface area (Å²) in [6.45, 7) is 1.93. The molecular formula is C29H33N3O4.